The molecular formula is C20H20N4O. The summed E-state index contributed by atoms with van der Waals surface area (Å²) >= 11 is 0. The zero-order valence-corrected chi connectivity index (χ0v) is 14.1. The Labute approximate surface area is 146 Å². The van der Waals surface area contributed by atoms with Crippen molar-refractivity contribution < 1.29 is 4.79 Å². The summed E-state index contributed by atoms with van der Waals surface area (Å²) in [5.41, 5.74) is 2.37. The number of guanidine groups is 1. The Morgan fingerprint density at radius 2 is 1.92 bits per heavy atom. The molecule has 2 aromatic carbocycles. The molecule has 2 N–H and O–H groups in total. The maximum atomic E-state index is 12.4. The molecule has 3 rings (SSSR count). The highest BCUT2D eigenvalue weighted by Gasteiger charge is 2.09. The predicted molar refractivity (Wildman–Crippen MR) is 102 cm³/mol. The maximum absolute atomic E-state index is 12.4. The quantitative estimate of drug-likeness (QED) is 0.563. The van der Waals surface area contributed by atoms with Crippen LogP contribution in [0.5, 0.6) is 0 Å². The third-order valence-corrected chi connectivity index (χ3v) is 3.63. The summed E-state index contributed by atoms with van der Waals surface area (Å²) in [5, 5.41) is 7.07. The van der Waals surface area contributed by atoms with Gasteiger partial charge in [0.05, 0.1) is 5.52 Å². The van der Waals surface area contributed by atoms with Gasteiger partial charge in [0, 0.05) is 29.4 Å². The summed E-state index contributed by atoms with van der Waals surface area (Å²) in [4.78, 5) is 21.1. The molecule has 0 saturated heterocycles. The summed E-state index contributed by atoms with van der Waals surface area (Å²) < 4.78 is 0. The molecule has 0 aliphatic rings. The van der Waals surface area contributed by atoms with Gasteiger partial charge in [-0.2, -0.15) is 0 Å². The SMILES string of the molecule is CCCN=C(NC(=O)c1ccccc1)Nc1ccc2ncccc2c1. The molecular weight excluding hydrogens is 312 g/mol. The van der Waals surface area contributed by atoms with Crippen LogP contribution in [0.25, 0.3) is 10.9 Å². The lowest BCUT2D eigenvalue weighted by Gasteiger charge is -2.12. The minimum atomic E-state index is -0.189. The number of amides is 1. The Balaban J connectivity index is 1.79. The molecule has 0 aliphatic heterocycles. The number of aliphatic imine (C=N–C) groups is 1. The molecule has 5 heteroatoms. The van der Waals surface area contributed by atoms with Crippen molar-refractivity contribution in [3.05, 3.63) is 72.4 Å². The summed E-state index contributed by atoms with van der Waals surface area (Å²) in [6.45, 7) is 2.67. The van der Waals surface area contributed by atoms with Crippen molar-refractivity contribution >= 4 is 28.5 Å². The van der Waals surface area contributed by atoms with Crippen LogP contribution in [0.1, 0.15) is 23.7 Å². The van der Waals surface area contributed by atoms with E-state index in [1.807, 2.05) is 55.5 Å². The number of aromatic nitrogens is 1. The fraction of sp³-hybridized carbons (Fsp3) is 0.150. The lowest BCUT2D eigenvalue weighted by molar-refractivity contribution is 0.0977. The Kier molecular flexibility index (Phi) is 5.36. The Bertz CT molecular complexity index is 890. The molecule has 0 unspecified atom stereocenters. The molecule has 0 atom stereocenters. The first-order valence-electron chi connectivity index (χ1n) is 8.29. The second kappa shape index (κ2) is 8.06. The van der Waals surface area contributed by atoms with Crippen LogP contribution in [0.4, 0.5) is 5.69 Å². The molecule has 3 aromatic rings. The summed E-state index contributed by atoms with van der Waals surface area (Å²) in [6, 6.07) is 18.8. The van der Waals surface area contributed by atoms with Gasteiger partial charge >= 0.3 is 0 Å². The number of nitrogens with zero attached hydrogens (tertiary/aromatic N) is 2. The molecule has 0 radical (unpaired) electrons. The van der Waals surface area contributed by atoms with Crippen molar-refractivity contribution in [1.82, 2.24) is 10.3 Å². The van der Waals surface area contributed by atoms with Crippen LogP contribution in [0.2, 0.25) is 0 Å². The third-order valence-electron chi connectivity index (χ3n) is 3.63. The van der Waals surface area contributed by atoms with Gasteiger partial charge in [0.15, 0.2) is 0 Å². The number of nitrogens with one attached hydrogen (secondary N) is 2. The lowest BCUT2D eigenvalue weighted by Crippen LogP contribution is -2.36. The molecule has 5 nitrogen and oxygen atoms in total. The number of rotatable bonds is 4. The molecule has 1 amide bonds. The Morgan fingerprint density at radius 3 is 2.72 bits per heavy atom. The van der Waals surface area contributed by atoms with Crippen molar-refractivity contribution in [2.45, 2.75) is 13.3 Å². The van der Waals surface area contributed by atoms with E-state index in [1.165, 1.54) is 0 Å². The molecule has 0 spiro atoms. The maximum Gasteiger partial charge on any atom is 0.257 e. The molecule has 126 valence electrons. The molecule has 0 fully saturated rings. The van der Waals surface area contributed by atoms with Crippen LogP contribution >= 0.6 is 0 Å². The van der Waals surface area contributed by atoms with E-state index in [1.54, 1.807) is 18.3 Å². The van der Waals surface area contributed by atoms with E-state index in [9.17, 15) is 4.79 Å². The van der Waals surface area contributed by atoms with Gasteiger partial charge in [-0.05, 0) is 42.8 Å². The first-order valence-corrected chi connectivity index (χ1v) is 8.29. The number of hydrogen-bond donors (Lipinski definition) is 2. The Hall–Kier alpha value is -3.21. The second-order valence-electron chi connectivity index (χ2n) is 5.59. The largest absolute Gasteiger partial charge is 0.326 e. The number of carbonyl (C=O) groups is 1. The highest BCUT2D eigenvalue weighted by Crippen LogP contribution is 2.16. The predicted octanol–water partition coefficient (Wildman–Crippen LogP) is 3.84. The topological polar surface area (TPSA) is 66.4 Å². The monoisotopic (exact) mass is 332 g/mol. The van der Waals surface area contributed by atoms with Gasteiger partial charge in [-0.3, -0.25) is 20.1 Å². The van der Waals surface area contributed by atoms with Gasteiger partial charge in [0.1, 0.15) is 0 Å². The number of benzene rings is 2. The average Bonchev–Trinajstić information content (AvgIpc) is 2.66. The van der Waals surface area contributed by atoms with E-state index < -0.39 is 0 Å². The Morgan fingerprint density at radius 1 is 1.08 bits per heavy atom. The first kappa shape index (κ1) is 16.6. The number of fused-ring (bicyclic) bond motifs is 1. The number of pyridine rings is 1. The van der Waals surface area contributed by atoms with Crippen LogP contribution in [-0.4, -0.2) is 23.4 Å². The second-order valence-corrected chi connectivity index (χ2v) is 5.59. The molecule has 1 aromatic heterocycles. The van der Waals surface area contributed by atoms with Crippen LogP contribution in [0, 0.1) is 0 Å². The van der Waals surface area contributed by atoms with Crippen LogP contribution in [0.3, 0.4) is 0 Å². The fourth-order valence-electron chi connectivity index (χ4n) is 2.39. The average molecular weight is 332 g/mol. The van der Waals surface area contributed by atoms with Gasteiger partial charge in [0.25, 0.3) is 5.91 Å². The molecule has 1 heterocycles. The van der Waals surface area contributed by atoms with E-state index >= 15 is 0 Å². The molecule has 25 heavy (non-hydrogen) atoms. The van der Waals surface area contributed by atoms with Crippen molar-refractivity contribution in [3.8, 4) is 0 Å². The van der Waals surface area contributed by atoms with Gasteiger partial charge in [-0.15, -0.1) is 0 Å². The zero-order valence-electron chi connectivity index (χ0n) is 14.1. The van der Waals surface area contributed by atoms with Gasteiger partial charge in [0.2, 0.25) is 5.96 Å². The summed E-state index contributed by atoms with van der Waals surface area (Å²) in [7, 11) is 0. The van der Waals surface area contributed by atoms with Crippen LogP contribution in [0.15, 0.2) is 71.9 Å². The van der Waals surface area contributed by atoms with Crippen LogP contribution in [-0.2, 0) is 0 Å². The normalized spacial score (nSPS) is 11.3. The molecule has 0 saturated carbocycles. The number of hydrogen-bond acceptors (Lipinski definition) is 3. The van der Waals surface area contributed by atoms with Crippen molar-refractivity contribution in [3.63, 3.8) is 0 Å². The van der Waals surface area contributed by atoms with Crippen molar-refractivity contribution in [2.75, 3.05) is 11.9 Å². The van der Waals surface area contributed by atoms with Crippen molar-refractivity contribution in [1.29, 1.82) is 0 Å². The standard InChI is InChI=1S/C20H20N4O/c1-2-12-22-20(24-19(25)15-7-4-3-5-8-15)23-17-10-11-18-16(14-17)9-6-13-21-18/h3-11,13-14H,2,12H2,1H3,(H2,22,23,24,25). The highest BCUT2D eigenvalue weighted by atomic mass is 16.1. The zero-order chi connectivity index (χ0) is 17.5. The summed E-state index contributed by atoms with van der Waals surface area (Å²) in [6.07, 6.45) is 2.66. The number of anilines is 1. The summed E-state index contributed by atoms with van der Waals surface area (Å²) in [5.74, 6) is 0.254. The lowest BCUT2D eigenvalue weighted by atomic mass is 10.2. The van der Waals surface area contributed by atoms with E-state index in [-0.39, 0.29) is 5.91 Å². The van der Waals surface area contributed by atoms with Crippen molar-refractivity contribution in [2.24, 2.45) is 4.99 Å². The number of carbonyl (C=O) groups excluding carboxylic acids is 1. The fourth-order valence-corrected chi connectivity index (χ4v) is 2.39. The van der Waals surface area contributed by atoms with E-state index in [0.717, 1.165) is 23.0 Å². The van der Waals surface area contributed by atoms with Crippen LogP contribution < -0.4 is 10.6 Å². The third kappa shape index (κ3) is 4.41. The van der Waals surface area contributed by atoms with Gasteiger partial charge < -0.3 is 5.32 Å². The van der Waals surface area contributed by atoms with E-state index in [2.05, 4.69) is 20.6 Å². The molecule has 0 aliphatic carbocycles. The van der Waals surface area contributed by atoms with E-state index in [0.29, 0.717) is 18.1 Å². The van der Waals surface area contributed by atoms with E-state index in [4.69, 9.17) is 0 Å². The highest BCUT2D eigenvalue weighted by molar-refractivity contribution is 6.10. The smallest absolute Gasteiger partial charge is 0.257 e. The van der Waals surface area contributed by atoms with Gasteiger partial charge in [-0.25, -0.2) is 0 Å². The molecule has 0 bridgehead atoms. The first-order chi connectivity index (χ1) is 12.3. The minimum absolute atomic E-state index is 0.189. The van der Waals surface area contributed by atoms with Gasteiger partial charge in [-0.1, -0.05) is 31.2 Å². The minimum Gasteiger partial charge on any atom is -0.326 e.